The Kier molecular flexibility index (Phi) is 4.36. The van der Waals surface area contributed by atoms with E-state index in [0.29, 0.717) is 11.3 Å². The lowest BCUT2D eigenvalue weighted by atomic mass is 9.96. The second-order valence-electron chi connectivity index (χ2n) is 9.52. The monoisotopic (exact) mass is 389 g/mol. The van der Waals surface area contributed by atoms with Crippen LogP contribution in [0.3, 0.4) is 0 Å². The summed E-state index contributed by atoms with van der Waals surface area (Å²) in [4.78, 5) is 12.8. The molecule has 1 saturated heterocycles. The van der Waals surface area contributed by atoms with Crippen molar-refractivity contribution in [2.75, 3.05) is 5.73 Å². The maximum atomic E-state index is 6.82. The van der Waals surface area contributed by atoms with Crippen molar-refractivity contribution in [1.29, 1.82) is 0 Å². The van der Waals surface area contributed by atoms with Crippen LogP contribution in [0.15, 0.2) is 12.7 Å². The van der Waals surface area contributed by atoms with Crippen LogP contribution in [0.1, 0.15) is 59.1 Å². The lowest BCUT2D eigenvalue weighted by molar-refractivity contribution is -0.115. The molecule has 1 aliphatic heterocycles. The fourth-order valence-corrected chi connectivity index (χ4v) is 5.56. The number of nitrogens with two attached hydrogens (primary N) is 1. The Hall–Kier alpha value is -1.51. The van der Waals surface area contributed by atoms with Crippen LogP contribution in [0.5, 0.6) is 0 Å². The van der Waals surface area contributed by atoms with Gasteiger partial charge in [0, 0.05) is 0 Å². The Morgan fingerprint density at radius 3 is 2.74 bits per heavy atom. The molecule has 2 aromatic heterocycles. The Labute approximate surface area is 161 Å². The van der Waals surface area contributed by atoms with Gasteiger partial charge in [0.25, 0.3) is 0 Å². The third-order valence-electron chi connectivity index (χ3n) is 6.78. The van der Waals surface area contributed by atoms with Gasteiger partial charge in [-0.3, -0.25) is 4.57 Å². The van der Waals surface area contributed by atoms with Crippen LogP contribution in [0.2, 0.25) is 18.1 Å². The van der Waals surface area contributed by atoms with Crippen LogP contribution in [0.4, 0.5) is 5.82 Å². The van der Waals surface area contributed by atoms with Gasteiger partial charge in [-0.15, -0.1) is 0 Å². The van der Waals surface area contributed by atoms with Crippen molar-refractivity contribution in [2.45, 2.75) is 88.9 Å². The molecule has 1 saturated carbocycles. The third-order valence-corrected chi connectivity index (χ3v) is 11.3. The summed E-state index contributed by atoms with van der Waals surface area (Å²) in [6, 6.07) is 0. The largest absolute Gasteiger partial charge is 0.411 e. The molecule has 2 aliphatic rings. The first-order valence-corrected chi connectivity index (χ1v) is 12.8. The van der Waals surface area contributed by atoms with Gasteiger partial charge >= 0.3 is 0 Å². The number of nitrogen functional groups attached to an aromatic ring is 1. The highest BCUT2D eigenvalue weighted by Gasteiger charge is 2.53. The zero-order chi connectivity index (χ0) is 19.4. The van der Waals surface area contributed by atoms with Gasteiger partial charge in [0.05, 0.1) is 18.0 Å². The number of ether oxygens (including phenoxy) is 1. The molecule has 1 spiro atoms. The number of anilines is 1. The van der Waals surface area contributed by atoms with Crippen LogP contribution < -0.4 is 5.73 Å². The number of nitrogens with zero attached hydrogens (tertiary/aromatic N) is 4. The first kappa shape index (κ1) is 18.8. The van der Waals surface area contributed by atoms with Gasteiger partial charge in [0.1, 0.15) is 18.1 Å². The minimum absolute atomic E-state index is 0.0760. The molecule has 0 radical (unpaired) electrons. The number of hydrogen-bond acceptors (Lipinski definition) is 6. The van der Waals surface area contributed by atoms with Gasteiger partial charge in [-0.2, -0.15) is 0 Å². The van der Waals surface area contributed by atoms with Crippen molar-refractivity contribution < 1.29 is 9.16 Å². The van der Waals surface area contributed by atoms with Crippen molar-refractivity contribution in [1.82, 2.24) is 19.5 Å². The molecule has 148 valence electrons. The molecule has 1 aliphatic carbocycles. The van der Waals surface area contributed by atoms with E-state index in [0.717, 1.165) is 37.8 Å². The first-order valence-electron chi connectivity index (χ1n) is 9.92. The first-order chi connectivity index (χ1) is 12.6. The molecule has 0 unspecified atom stereocenters. The molecule has 0 aromatic carbocycles. The van der Waals surface area contributed by atoms with E-state index in [1.807, 2.05) is 4.57 Å². The van der Waals surface area contributed by atoms with Crippen LogP contribution in [-0.4, -0.2) is 39.5 Å². The van der Waals surface area contributed by atoms with E-state index >= 15 is 0 Å². The molecule has 7 nitrogen and oxygen atoms in total. The molecule has 8 heteroatoms. The summed E-state index contributed by atoms with van der Waals surface area (Å²) in [5, 5.41) is 0.198. The average Bonchev–Trinajstić information content (AvgIpc) is 3.27. The lowest BCUT2D eigenvalue weighted by Crippen LogP contribution is -2.50. The Bertz CT molecular complexity index is 846. The molecule has 3 atom stereocenters. The Morgan fingerprint density at radius 1 is 1.22 bits per heavy atom. The van der Waals surface area contributed by atoms with Crippen molar-refractivity contribution >= 4 is 25.3 Å². The summed E-state index contributed by atoms with van der Waals surface area (Å²) in [5.74, 6) is 0.409. The summed E-state index contributed by atoms with van der Waals surface area (Å²) < 4.78 is 15.5. The number of fused-ring (bicyclic) bond motifs is 1. The highest BCUT2D eigenvalue weighted by atomic mass is 28.4. The smallest absolute Gasteiger partial charge is 0.192 e. The molecule has 0 bridgehead atoms. The molecular weight excluding hydrogens is 358 g/mol. The molecule has 2 fully saturated rings. The normalized spacial score (nSPS) is 29.2. The maximum absolute atomic E-state index is 6.82. The zero-order valence-corrected chi connectivity index (χ0v) is 18.0. The standard InChI is InChI=1S/C19H31N5O2Si/c1-18(2,3)27(4,5)26-13-7-6-9-19(13)10-8-14(25-19)24-12-23-15-16(20)21-11-22-17(15)24/h11-14H,6-10H2,1-5H3,(H2,20,21,22)/t13-,14-,19-/m0/s1. The fraction of sp³-hybridized carbons (Fsp3) is 0.737. The minimum atomic E-state index is -1.84. The molecule has 2 N–H and O–H groups in total. The van der Waals surface area contributed by atoms with Crippen molar-refractivity contribution in [2.24, 2.45) is 0 Å². The van der Waals surface area contributed by atoms with E-state index in [-0.39, 0.29) is 23.0 Å². The summed E-state index contributed by atoms with van der Waals surface area (Å²) in [5.41, 5.74) is 7.13. The summed E-state index contributed by atoms with van der Waals surface area (Å²) in [6.45, 7) is 11.5. The number of imidazole rings is 1. The van der Waals surface area contributed by atoms with Crippen LogP contribution in [0, 0.1) is 0 Å². The van der Waals surface area contributed by atoms with Crippen molar-refractivity contribution in [3.63, 3.8) is 0 Å². The molecule has 27 heavy (non-hydrogen) atoms. The zero-order valence-electron chi connectivity index (χ0n) is 17.0. The predicted octanol–water partition coefficient (Wildman–Crippen LogP) is 4.03. The number of hydrogen-bond donors (Lipinski definition) is 1. The van der Waals surface area contributed by atoms with Gasteiger partial charge in [0.2, 0.25) is 0 Å². The maximum Gasteiger partial charge on any atom is 0.192 e. The van der Waals surface area contributed by atoms with Gasteiger partial charge in [0.15, 0.2) is 19.8 Å². The lowest BCUT2D eigenvalue weighted by Gasteiger charge is -2.42. The SMILES string of the molecule is CC(C)(C)[Si](C)(C)O[C@H]1CCC[C@]12CC[C@@H](n1cnc3c(N)ncnc31)O2. The van der Waals surface area contributed by atoms with E-state index < -0.39 is 8.32 Å². The second-order valence-corrected chi connectivity index (χ2v) is 14.3. The number of rotatable bonds is 3. The van der Waals surface area contributed by atoms with Crippen LogP contribution >= 0.6 is 0 Å². The van der Waals surface area contributed by atoms with Crippen molar-refractivity contribution in [3.8, 4) is 0 Å². The van der Waals surface area contributed by atoms with Gasteiger partial charge < -0.3 is 14.9 Å². The topological polar surface area (TPSA) is 88.1 Å². The summed E-state index contributed by atoms with van der Waals surface area (Å²) in [7, 11) is -1.84. The molecule has 0 amide bonds. The Morgan fingerprint density at radius 2 is 2.00 bits per heavy atom. The average molecular weight is 390 g/mol. The molecule has 2 aromatic rings. The van der Waals surface area contributed by atoms with E-state index in [1.54, 1.807) is 6.33 Å². The van der Waals surface area contributed by atoms with E-state index in [4.69, 9.17) is 14.9 Å². The number of aromatic nitrogens is 4. The van der Waals surface area contributed by atoms with E-state index in [9.17, 15) is 0 Å². The quantitative estimate of drug-likeness (QED) is 0.797. The molecule has 3 heterocycles. The van der Waals surface area contributed by atoms with E-state index in [1.165, 1.54) is 6.33 Å². The van der Waals surface area contributed by atoms with Crippen molar-refractivity contribution in [3.05, 3.63) is 12.7 Å². The Balaban J connectivity index is 1.58. The summed E-state index contributed by atoms with van der Waals surface area (Å²) >= 11 is 0. The molecule has 4 rings (SSSR count). The molecular formula is C19H31N5O2Si. The van der Waals surface area contributed by atoms with Gasteiger partial charge in [-0.1, -0.05) is 20.8 Å². The highest BCUT2D eigenvalue weighted by Crippen LogP contribution is 2.50. The van der Waals surface area contributed by atoms with Gasteiger partial charge in [-0.05, 0) is 50.2 Å². The van der Waals surface area contributed by atoms with Crippen LogP contribution in [-0.2, 0) is 9.16 Å². The van der Waals surface area contributed by atoms with Gasteiger partial charge in [-0.25, -0.2) is 15.0 Å². The highest BCUT2D eigenvalue weighted by molar-refractivity contribution is 6.74. The minimum Gasteiger partial charge on any atom is -0.411 e. The fourth-order valence-electron chi connectivity index (χ4n) is 4.16. The van der Waals surface area contributed by atoms with Crippen LogP contribution in [0.25, 0.3) is 11.2 Å². The predicted molar refractivity (Wildman–Crippen MR) is 108 cm³/mol. The summed E-state index contributed by atoms with van der Waals surface area (Å²) in [6.07, 6.45) is 8.62. The third kappa shape index (κ3) is 3.07. The second kappa shape index (κ2) is 6.25. The van der Waals surface area contributed by atoms with E-state index in [2.05, 4.69) is 48.8 Å².